The van der Waals surface area contributed by atoms with Crippen LogP contribution in [0.5, 0.6) is 0 Å². The Hall–Kier alpha value is -1.07. The number of carboxylic acid groups (broad SMARTS) is 1. The molecule has 0 bridgehead atoms. The summed E-state index contributed by atoms with van der Waals surface area (Å²) in [4.78, 5) is 14.2. The monoisotopic (exact) mass is 217 g/mol. The summed E-state index contributed by atoms with van der Waals surface area (Å²) in [5, 5.41) is 8.83. The molecular weight excluding hydrogens is 206 g/mol. The molecule has 14 heavy (non-hydrogen) atoms. The minimum absolute atomic E-state index is 0.0304. The van der Waals surface area contributed by atoms with Crippen molar-refractivity contribution in [3.63, 3.8) is 0 Å². The maximum absolute atomic E-state index is 10.3. The normalized spacial score (nSPS) is 12.8. The molecule has 1 rings (SSSR count). The van der Waals surface area contributed by atoms with Gasteiger partial charge in [-0.1, -0.05) is 11.6 Å². The van der Waals surface area contributed by atoms with E-state index in [1.165, 1.54) is 0 Å². The Morgan fingerprint density at radius 2 is 2.50 bits per heavy atom. The summed E-state index contributed by atoms with van der Waals surface area (Å²) < 4.78 is 1.70. The SMILES string of the molecule is Cn1cnc(Cl)c1C(N)CCC(=O)O. The predicted molar refractivity (Wildman–Crippen MR) is 52.0 cm³/mol. The van der Waals surface area contributed by atoms with Crippen LogP contribution in [0.3, 0.4) is 0 Å². The number of carbonyl (C=O) groups is 1. The highest BCUT2D eigenvalue weighted by Gasteiger charge is 2.15. The average Bonchev–Trinajstić information content (AvgIpc) is 2.42. The van der Waals surface area contributed by atoms with E-state index in [4.69, 9.17) is 22.4 Å². The summed E-state index contributed by atoms with van der Waals surface area (Å²) >= 11 is 5.80. The molecule has 0 spiro atoms. The van der Waals surface area contributed by atoms with Gasteiger partial charge in [-0.3, -0.25) is 4.79 Å². The summed E-state index contributed by atoms with van der Waals surface area (Å²) in [6.07, 6.45) is 1.94. The van der Waals surface area contributed by atoms with E-state index < -0.39 is 5.97 Å². The third-order valence-electron chi connectivity index (χ3n) is 1.96. The number of hydrogen-bond acceptors (Lipinski definition) is 3. The molecule has 3 N–H and O–H groups in total. The Morgan fingerprint density at radius 1 is 1.86 bits per heavy atom. The van der Waals surface area contributed by atoms with Crippen molar-refractivity contribution in [2.45, 2.75) is 18.9 Å². The van der Waals surface area contributed by atoms with Crippen molar-refractivity contribution in [1.29, 1.82) is 0 Å². The number of nitrogens with two attached hydrogens (primary N) is 1. The van der Waals surface area contributed by atoms with Crippen LogP contribution in [0.2, 0.25) is 5.15 Å². The van der Waals surface area contributed by atoms with Gasteiger partial charge in [0, 0.05) is 19.5 Å². The maximum Gasteiger partial charge on any atom is 0.303 e. The quantitative estimate of drug-likeness (QED) is 0.787. The minimum Gasteiger partial charge on any atom is -0.481 e. The van der Waals surface area contributed by atoms with Crippen LogP contribution in [-0.4, -0.2) is 20.6 Å². The first kappa shape index (κ1) is 11.0. The fourth-order valence-electron chi connectivity index (χ4n) is 1.24. The minimum atomic E-state index is -0.862. The van der Waals surface area contributed by atoms with Crippen molar-refractivity contribution in [3.05, 3.63) is 17.2 Å². The maximum atomic E-state index is 10.3. The zero-order chi connectivity index (χ0) is 10.7. The lowest BCUT2D eigenvalue weighted by Gasteiger charge is -2.11. The van der Waals surface area contributed by atoms with Gasteiger partial charge in [0.1, 0.15) is 0 Å². The van der Waals surface area contributed by atoms with Crippen LogP contribution in [0.25, 0.3) is 0 Å². The van der Waals surface area contributed by atoms with Crippen molar-refractivity contribution < 1.29 is 9.90 Å². The number of aliphatic carboxylic acids is 1. The van der Waals surface area contributed by atoms with E-state index in [2.05, 4.69) is 4.98 Å². The Bertz CT molecular complexity index is 318. The van der Waals surface area contributed by atoms with Gasteiger partial charge >= 0.3 is 5.97 Å². The van der Waals surface area contributed by atoms with Crippen LogP contribution >= 0.6 is 11.6 Å². The van der Waals surface area contributed by atoms with Gasteiger partial charge in [-0.05, 0) is 6.42 Å². The molecule has 0 aliphatic heterocycles. The summed E-state index contributed by atoms with van der Waals surface area (Å²) in [7, 11) is 1.77. The second-order valence-corrected chi connectivity index (χ2v) is 3.43. The van der Waals surface area contributed by atoms with Gasteiger partial charge in [0.05, 0.1) is 12.0 Å². The van der Waals surface area contributed by atoms with E-state index in [-0.39, 0.29) is 12.5 Å². The van der Waals surface area contributed by atoms with Gasteiger partial charge in [0.15, 0.2) is 5.15 Å². The number of halogens is 1. The highest BCUT2D eigenvalue weighted by atomic mass is 35.5. The summed E-state index contributed by atoms with van der Waals surface area (Å²) in [5.74, 6) is -0.862. The van der Waals surface area contributed by atoms with Gasteiger partial charge in [-0.25, -0.2) is 4.98 Å². The molecule has 78 valence electrons. The van der Waals surface area contributed by atoms with Crippen molar-refractivity contribution in [2.75, 3.05) is 0 Å². The highest BCUT2D eigenvalue weighted by Crippen LogP contribution is 2.22. The molecule has 0 aliphatic carbocycles. The van der Waals surface area contributed by atoms with Crippen molar-refractivity contribution in [3.8, 4) is 0 Å². The average molecular weight is 218 g/mol. The molecule has 0 aliphatic rings. The Balaban J connectivity index is 2.69. The van der Waals surface area contributed by atoms with Crippen molar-refractivity contribution >= 4 is 17.6 Å². The Morgan fingerprint density at radius 3 is 2.93 bits per heavy atom. The first-order valence-corrected chi connectivity index (χ1v) is 4.54. The topological polar surface area (TPSA) is 81.1 Å². The van der Waals surface area contributed by atoms with E-state index >= 15 is 0 Å². The number of aryl methyl sites for hydroxylation is 1. The van der Waals surface area contributed by atoms with Gasteiger partial charge in [0.25, 0.3) is 0 Å². The molecule has 0 amide bonds. The van der Waals surface area contributed by atoms with Crippen molar-refractivity contribution in [2.24, 2.45) is 12.8 Å². The smallest absolute Gasteiger partial charge is 0.303 e. The molecule has 1 aromatic heterocycles. The summed E-state index contributed by atoms with van der Waals surface area (Å²) in [5.41, 5.74) is 6.45. The van der Waals surface area contributed by atoms with Crippen LogP contribution in [0.1, 0.15) is 24.6 Å². The number of hydrogen-bond donors (Lipinski definition) is 2. The zero-order valence-corrected chi connectivity index (χ0v) is 8.53. The molecule has 0 radical (unpaired) electrons. The third kappa shape index (κ3) is 2.46. The van der Waals surface area contributed by atoms with Gasteiger partial charge < -0.3 is 15.4 Å². The Labute approximate surface area is 86.5 Å². The molecule has 1 aromatic rings. The van der Waals surface area contributed by atoms with Gasteiger partial charge in [0.2, 0.25) is 0 Å². The standard InChI is InChI=1S/C8H12ClN3O2/c1-12-4-11-8(9)7(12)5(10)2-3-6(13)14/h4-5H,2-3,10H2,1H3,(H,13,14). The molecule has 1 unspecified atom stereocenters. The second kappa shape index (κ2) is 4.43. The van der Waals surface area contributed by atoms with Crippen LogP contribution in [-0.2, 0) is 11.8 Å². The van der Waals surface area contributed by atoms with Crippen molar-refractivity contribution in [1.82, 2.24) is 9.55 Å². The molecule has 0 saturated heterocycles. The molecule has 1 atom stereocenters. The van der Waals surface area contributed by atoms with E-state index in [0.717, 1.165) is 0 Å². The fraction of sp³-hybridized carbons (Fsp3) is 0.500. The molecule has 5 nitrogen and oxygen atoms in total. The predicted octanol–water partition coefficient (Wildman–Crippen LogP) is 0.938. The lowest BCUT2D eigenvalue weighted by atomic mass is 10.1. The molecule has 0 fully saturated rings. The fourth-order valence-corrected chi connectivity index (χ4v) is 1.56. The number of imidazole rings is 1. The third-order valence-corrected chi connectivity index (χ3v) is 2.25. The molecule has 6 heteroatoms. The molecule has 1 heterocycles. The Kier molecular flexibility index (Phi) is 3.49. The van der Waals surface area contributed by atoms with Gasteiger partial charge in [-0.2, -0.15) is 0 Å². The molecule has 0 saturated carbocycles. The second-order valence-electron chi connectivity index (χ2n) is 3.07. The highest BCUT2D eigenvalue weighted by molar-refractivity contribution is 6.30. The number of rotatable bonds is 4. The zero-order valence-electron chi connectivity index (χ0n) is 7.77. The van der Waals surface area contributed by atoms with Gasteiger partial charge in [-0.15, -0.1) is 0 Å². The van der Waals surface area contributed by atoms with E-state index in [1.807, 2.05) is 0 Å². The van der Waals surface area contributed by atoms with E-state index in [9.17, 15) is 4.79 Å². The molecule has 0 aromatic carbocycles. The van der Waals surface area contributed by atoms with E-state index in [1.54, 1.807) is 17.9 Å². The number of carboxylic acids is 1. The summed E-state index contributed by atoms with van der Waals surface area (Å²) in [6.45, 7) is 0. The van der Waals surface area contributed by atoms with E-state index in [0.29, 0.717) is 17.3 Å². The van der Waals surface area contributed by atoms with Crippen LogP contribution < -0.4 is 5.73 Å². The lowest BCUT2D eigenvalue weighted by Crippen LogP contribution is -2.15. The van der Waals surface area contributed by atoms with Crippen LogP contribution in [0.15, 0.2) is 6.33 Å². The first-order valence-electron chi connectivity index (χ1n) is 4.16. The summed E-state index contributed by atoms with van der Waals surface area (Å²) in [6, 6.07) is -0.383. The first-order chi connectivity index (χ1) is 6.52. The number of aromatic nitrogens is 2. The van der Waals surface area contributed by atoms with Crippen LogP contribution in [0, 0.1) is 0 Å². The number of nitrogens with zero attached hydrogens (tertiary/aromatic N) is 2. The molecular formula is C8H12ClN3O2. The van der Waals surface area contributed by atoms with Crippen LogP contribution in [0.4, 0.5) is 0 Å². The largest absolute Gasteiger partial charge is 0.481 e. The lowest BCUT2D eigenvalue weighted by molar-refractivity contribution is -0.137.